The third kappa shape index (κ3) is 1.64. The highest BCUT2D eigenvalue weighted by atomic mass is 16.5. The quantitative estimate of drug-likeness (QED) is 0.539. The summed E-state index contributed by atoms with van der Waals surface area (Å²) in [5.74, 6) is 0.582. The van der Waals surface area contributed by atoms with Crippen LogP contribution in [0.5, 0.6) is 0 Å². The molecule has 0 radical (unpaired) electrons. The summed E-state index contributed by atoms with van der Waals surface area (Å²) in [6, 6.07) is 0. The van der Waals surface area contributed by atoms with Crippen molar-refractivity contribution in [1.82, 2.24) is 0 Å². The van der Waals surface area contributed by atoms with E-state index in [1.807, 2.05) is 19.9 Å². The van der Waals surface area contributed by atoms with Gasteiger partial charge in [-0.1, -0.05) is 26.8 Å². The van der Waals surface area contributed by atoms with E-state index in [4.69, 9.17) is 4.74 Å². The molecular weight excluding hydrogens is 212 g/mol. The average molecular weight is 236 g/mol. The Morgan fingerprint density at radius 1 is 1.35 bits per heavy atom. The van der Waals surface area contributed by atoms with Gasteiger partial charge in [0, 0.05) is 11.0 Å². The second kappa shape index (κ2) is 3.86. The van der Waals surface area contributed by atoms with Gasteiger partial charge in [0.15, 0.2) is 0 Å². The van der Waals surface area contributed by atoms with Gasteiger partial charge >= 0.3 is 5.97 Å². The number of fused-ring (bicyclic) bond motifs is 2. The van der Waals surface area contributed by atoms with Crippen LogP contribution in [0.15, 0.2) is 11.6 Å². The molecule has 0 spiro atoms. The summed E-state index contributed by atoms with van der Waals surface area (Å²) in [6.07, 6.45) is 5.46. The molecule has 2 aliphatic carbocycles. The van der Waals surface area contributed by atoms with Crippen LogP contribution in [0.25, 0.3) is 0 Å². The first-order chi connectivity index (χ1) is 7.83. The van der Waals surface area contributed by atoms with Gasteiger partial charge in [-0.15, -0.1) is 0 Å². The van der Waals surface area contributed by atoms with Gasteiger partial charge in [-0.05, 0) is 44.4 Å². The second-order valence-electron chi connectivity index (χ2n) is 6.48. The summed E-state index contributed by atoms with van der Waals surface area (Å²) in [6.45, 7) is 10.7. The maximum Gasteiger partial charge on any atom is 0.333 e. The minimum atomic E-state index is -0.137. The van der Waals surface area contributed by atoms with Crippen molar-refractivity contribution in [3.8, 4) is 0 Å². The average Bonchev–Trinajstić information content (AvgIpc) is 2.60. The fourth-order valence-electron chi connectivity index (χ4n) is 3.65. The van der Waals surface area contributed by atoms with E-state index in [0.717, 1.165) is 12.3 Å². The highest BCUT2D eigenvalue weighted by Gasteiger charge is 2.62. The lowest BCUT2D eigenvalue weighted by molar-refractivity contribution is -0.151. The first kappa shape index (κ1) is 12.7. The molecule has 96 valence electrons. The van der Waals surface area contributed by atoms with E-state index in [2.05, 4.69) is 20.8 Å². The van der Waals surface area contributed by atoms with Crippen molar-refractivity contribution < 1.29 is 9.53 Å². The lowest BCUT2D eigenvalue weighted by atomic mass is 9.70. The first-order valence-electron chi connectivity index (χ1n) is 6.67. The van der Waals surface area contributed by atoms with Crippen LogP contribution < -0.4 is 0 Å². The van der Waals surface area contributed by atoms with E-state index < -0.39 is 0 Å². The zero-order valence-electron chi connectivity index (χ0n) is 11.7. The number of esters is 1. The fourth-order valence-corrected chi connectivity index (χ4v) is 3.65. The molecule has 2 saturated carbocycles. The highest BCUT2D eigenvalue weighted by molar-refractivity contribution is 5.87. The summed E-state index contributed by atoms with van der Waals surface area (Å²) in [5, 5.41) is 0. The molecule has 2 rings (SSSR count). The lowest BCUT2D eigenvalue weighted by Crippen LogP contribution is -2.38. The lowest BCUT2D eigenvalue weighted by Gasteiger charge is -2.38. The molecule has 2 heteroatoms. The Labute approximate surface area is 104 Å². The fraction of sp³-hybridized carbons (Fsp3) is 0.800. The van der Waals surface area contributed by atoms with Crippen molar-refractivity contribution in [2.24, 2.45) is 16.7 Å². The monoisotopic (exact) mass is 236 g/mol. The molecule has 17 heavy (non-hydrogen) atoms. The van der Waals surface area contributed by atoms with Gasteiger partial charge in [0.05, 0.1) is 0 Å². The second-order valence-corrected chi connectivity index (χ2v) is 6.48. The molecule has 2 fully saturated rings. The Bertz CT molecular complexity index is 367. The summed E-state index contributed by atoms with van der Waals surface area (Å²) in [5.41, 5.74) is 1.19. The smallest absolute Gasteiger partial charge is 0.333 e. The Morgan fingerprint density at radius 3 is 2.41 bits per heavy atom. The van der Waals surface area contributed by atoms with Gasteiger partial charge in [-0.3, -0.25) is 0 Å². The normalized spacial score (nSPS) is 39.5. The van der Waals surface area contributed by atoms with Crippen LogP contribution in [0.4, 0.5) is 0 Å². The molecule has 2 bridgehead atoms. The third-order valence-corrected chi connectivity index (χ3v) is 5.72. The predicted octanol–water partition coefficient (Wildman–Crippen LogP) is 3.71. The number of rotatable bonds is 2. The number of carbonyl (C=O) groups excluding carboxylic acids is 1. The number of hydrogen-bond donors (Lipinski definition) is 0. The Kier molecular flexibility index (Phi) is 2.87. The van der Waals surface area contributed by atoms with Crippen LogP contribution in [0.2, 0.25) is 0 Å². The summed E-state index contributed by atoms with van der Waals surface area (Å²) < 4.78 is 5.73. The van der Waals surface area contributed by atoms with Gasteiger partial charge in [0.25, 0.3) is 0 Å². The SMILES string of the molecule is C/C=C(/C)C(=O)O[C@@H]1C[C@H]2CC[C@@]1(C)C2(C)C. The molecular formula is C15H24O2. The van der Waals surface area contributed by atoms with Crippen molar-refractivity contribution in [2.75, 3.05) is 0 Å². The van der Waals surface area contributed by atoms with Crippen LogP contribution in [0.1, 0.15) is 53.9 Å². The molecule has 0 aromatic rings. The van der Waals surface area contributed by atoms with Crippen molar-refractivity contribution >= 4 is 5.97 Å². The summed E-state index contributed by atoms with van der Waals surface area (Å²) >= 11 is 0. The van der Waals surface area contributed by atoms with E-state index >= 15 is 0 Å². The molecule has 0 aliphatic heterocycles. The molecule has 0 heterocycles. The van der Waals surface area contributed by atoms with E-state index in [0.29, 0.717) is 11.0 Å². The van der Waals surface area contributed by atoms with Crippen molar-refractivity contribution in [2.45, 2.75) is 60.0 Å². The Hall–Kier alpha value is -0.790. The molecule has 2 nitrogen and oxygen atoms in total. The molecule has 0 saturated heterocycles. The van der Waals surface area contributed by atoms with Crippen LogP contribution in [0.3, 0.4) is 0 Å². The van der Waals surface area contributed by atoms with E-state index in [9.17, 15) is 4.79 Å². The molecule has 0 N–H and O–H groups in total. The number of allylic oxidation sites excluding steroid dienone is 1. The molecule has 2 aliphatic rings. The predicted molar refractivity (Wildman–Crippen MR) is 68.5 cm³/mol. The van der Waals surface area contributed by atoms with Crippen molar-refractivity contribution in [3.05, 3.63) is 11.6 Å². The maximum absolute atomic E-state index is 11.9. The zero-order chi connectivity index (χ0) is 12.8. The van der Waals surface area contributed by atoms with Crippen LogP contribution in [0, 0.1) is 16.7 Å². The zero-order valence-corrected chi connectivity index (χ0v) is 11.7. The van der Waals surface area contributed by atoms with Gasteiger partial charge in [-0.25, -0.2) is 4.79 Å². The number of hydrogen-bond acceptors (Lipinski definition) is 2. The summed E-state index contributed by atoms with van der Waals surface area (Å²) in [4.78, 5) is 11.9. The largest absolute Gasteiger partial charge is 0.458 e. The van der Waals surface area contributed by atoms with Crippen molar-refractivity contribution in [3.63, 3.8) is 0 Å². The van der Waals surface area contributed by atoms with Crippen LogP contribution >= 0.6 is 0 Å². The van der Waals surface area contributed by atoms with E-state index in [1.165, 1.54) is 12.8 Å². The molecule has 0 unspecified atom stereocenters. The van der Waals surface area contributed by atoms with Crippen LogP contribution in [-0.4, -0.2) is 12.1 Å². The minimum absolute atomic E-state index is 0.110. The molecule has 0 aromatic carbocycles. The highest BCUT2D eigenvalue weighted by Crippen LogP contribution is 2.66. The van der Waals surface area contributed by atoms with Crippen LogP contribution in [-0.2, 0) is 9.53 Å². The molecule has 0 aromatic heterocycles. The van der Waals surface area contributed by atoms with Gasteiger partial charge in [0.2, 0.25) is 0 Å². The third-order valence-electron chi connectivity index (χ3n) is 5.72. The van der Waals surface area contributed by atoms with Gasteiger partial charge in [-0.2, -0.15) is 0 Å². The van der Waals surface area contributed by atoms with Gasteiger partial charge in [0.1, 0.15) is 6.10 Å². The summed E-state index contributed by atoms with van der Waals surface area (Å²) in [7, 11) is 0. The Balaban J connectivity index is 2.14. The Morgan fingerprint density at radius 2 is 2.00 bits per heavy atom. The van der Waals surface area contributed by atoms with E-state index in [1.54, 1.807) is 0 Å². The van der Waals surface area contributed by atoms with Gasteiger partial charge < -0.3 is 4.74 Å². The number of ether oxygens (including phenoxy) is 1. The maximum atomic E-state index is 11.9. The number of carbonyl (C=O) groups is 1. The first-order valence-corrected chi connectivity index (χ1v) is 6.67. The minimum Gasteiger partial charge on any atom is -0.458 e. The van der Waals surface area contributed by atoms with Crippen molar-refractivity contribution in [1.29, 1.82) is 0 Å². The van der Waals surface area contributed by atoms with E-state index in [-0.39, 0.29) is 17.5 Å². The standard InChI is InChI=1S/C15H24O2/c1-6-10(2)13(16)17-12-9-11-7-8-15(12,5)14(11,3)4/h6,11-12H,7-9H2,1-5H3/b10-6-/t11-,12-,15-/m1/s1. The topological polar surface area (TPSA) is 26.3 Å². The molecule has 0 amide bonds. The molecule has 3 atom stereocenters.